The molecule has 5 nitrogen and oxygen atoms in total. The Hall–Kier alpha value is -3.18. The van der Waals surface area contributed by atoms with Crippen LogP contribution in [0.5, 0.6) is 11.5 Å². The molecule has 3 aromatic rings. The van der Waals surface area contributed by atoms with Crippen LogP contribution in [0.4, 0.5) is 11.4 Å². The SMILES string of the molecule is CCOc1cc2c(cc1OC)CC(=O)N(c1ccc(N(C)C)cc1)C2c1ccc(Cl)cc1. The van der Waals surface area contributed by atoms with Gasteiger partial charge in [0.2, 0.25) is 5.91 Å². The Morgan fingerprint density at radius 1 is 1.03 bits per heavy atom. The normalized spacial score (nSPS) is 15.3. The van der Waals surface area contributed by atoms with Gasteiger partial charge < -0.3 is 19.3 Å². The summed E-state index contributed by atoms with van der Waals surface area (Å²) in [4.78, 5) is 17.4. The number of carbonyl (C=O) groups excluding carboxylic acids is 1. The predicted molar refractivity (Wildman–Crippen MR) is 129 cm³/mol. The Bertz CT molecular complexity index is 1110. The van der Waals surface area contributed by atoms with Gasteiger partial charge in [0.1, 0.15) is 0 Å². The summed E-state index contributed by atoms with van der Waals surface area (Å²) < 4.78 is 11.4. The number of ether oxygens (including phenoxy) is 2. The molecule has 1 aliphatic heterocycles. The van der Waals surface area contributed by atoms with E-state index in [1.54, 1.807) is 7.11 Å². The minimum Gasteiger partial charge on any atom is -0.493 e. The highest BCUT2D eigenvalue weighted by Gasteiger charge is 2.36. The van der Waals surface area contributed by atoms with Crippen LogP contribution in [0.3, 0.4) is 0 Å². The molecule has 0 N–H and O–H groups in total. The van der Waals surface area contributed by atoms with Gasteiger partial charge in [-0.1, -0.05) is 23.7 Å². The largest absolute Gasteiger partial charge is 0.493 e. The monoisotopic (exact) mass is 450 g/mol. The predicted octanol–water partition coefficient (Wildman–Crippen LogP) is 5.49. The topological polar surface area (TPSA) is 42.0 Å². The molecule has 0 aromatic heterocycles. The molecule has 0 radical (unpaired) electrons. The van der Waals surface area contributed by atoms with E-state index in [-0.39, 0.29) is 18.4 Å². The maximum Gasteiger partial charge on any atom is 0.232 e. The Morgan fingerprint density at radius 3 is 2.31 bits per heavy atom. The van der Waals surface area contributed by atoms with Gasteiger partial charge in [-0.2, -0.15) is 0 Å². The van der Waals surface area contributed by atoms with Crippen molar-refractivity contribution in [2.75, 3.05) is 37.6 Å². The van der Waals surface area contributed by atoms with Gasteiger partial charge in [-0.3, -0.25) is 4.79 Å². The van der Waals surface area contributed by atoms with Crippen molar-refractivity contribution in [3.05, 3.63) is 82.4 Å². The van der Waals surface area contributed by atoms with Crippen LogP contribution in [0, 0.1) is 0 Å². The number of amides is 1. The molecule has 0 saturated carbocycles. The molecular weight excluding hydrogens is 424 g/mol. The molecule has 0 saturated heterocycles. The minimum atomic E-state index is -0.307. The average Bonchev–Trinajstić information content (AvgIpc) is 2.79. The lowest BCUT2D eigenvalue weighted by molar-refractivity contribution is -0.118. The zero-order chi connectivity index (χ0) is 22.8. The summed E-state index contributed by atoms with van der Waals surface area (Å²) in [6.45, 7) is 2.47. The van der Waals surface area contributed by atoms with E-state index < -0.39 is 0 Å². The standard InChI is InChI=1S/C26H27ClN2O3/c1-5-32-24-16-22-18(14-23(24)31-4)15-25(30)29(21-12-10-20(11-13-21)28(2)3)26(22)17-6-8-19(27)9-7-17/h6-14,16,26H,5,15H2,1-4H3. The van der Waals surface area contributed by atoms with Crippen LogP contribution in [-0.4, -0.2) is 33.7 Å². The molecule has 1 unspecified atom stereocenters. The first-order valence-electron chi connectivity index (χ1n) is 10.6. The molecular formula is C26H27ClN2O3. The van der Waals surface area contributed by atoms with E-state index in [2.05, 4.69) is 0 Å². The van der Waals surface area contributed by atoms with Crippen molar-refractivity contribution in [3.63, 3.8) is 0 Å². The maximum atomic E-state index is 13.5. The first kappa shape index (κ1) is 22.0. The average molecular weight is 451 g/mol. The highest BCUT2D eigenvalue weighted by Crippen LogP contribution is 2.43. The van der Waals surface area contributed by atoms with Crippen LogP contribution in [-0.2, 0) is 11.2 Å². The number of anilines is 2. The summed E-state index contributed by atoms with van der Waals surface area (Å²) in [5.41, 5.74) is 4.86. The molecule has 1 heterocycles. The molecule has 4 rings (SSSR count). The summed E-state index contributed by atoms with van der Waals surface area (Å²) >= 11 is 6.16. The first-order valence-corrected chi connectivity index (χ1v) is 11.0. The number of hydrogen-bond acceptors (Lipinski definition) is 4. The van der Waals surface area contributed by atoms with Crippen molar-refractivity contribution in [1.82, 2.24) is 0 Å². The summed E-state index contributed by atoms with van der Waals surface area (Å²) in [7, 11) is 5.61. The first-order chi connectivity index (χ1) is 15.4. The van der Waals surface area contributed by atoms with Gasteiger partial charge >= 0.3 is 0 Å². The van der Waals surface area contributed by atoms with Crippen molar-refractivity contribution in [3.8, 4) is 11.5 Å². The number of rotatable bonds is 6. The van der Waals surface area contributed by atoms with Crippen molar-refractivity contribution in [1.29, 1.82) is 0 Å². The van der Waals surface area contributed by atoms with Crippen molar-refractivity contribution >= 4 is 28.9 Å². The Balaban J connectivity index is 1.89. The van der Waals surface area contributed by atoms with Crippen LogP contribution in [0.15, 0.2) is 60.7 Å². The third kappa shape index (κ3) is 4.13. The quantitative estimate of drug-likeness (QED) is 0.498. The second kappa shape index (κ2) is 9.13. The van der Waals surface area contributed by atoms with Crippen LogP contribution >= 0.6 is 11.6 Å². The molecule has 6 heteroatoms. The number of fused-ring (bicyclic) bond motifs is 1. The molecule has 1 amide bonds. The van der Waals surface area contributed by atoms with Gasteiger partial charge in [0.05, 0.1) is 26.2 Å². The van der Waals surface area contributed by atoms with E-state index in [9.17, 15) is 4.79 Å². The van der Waals surface area contributed by atoms with E-state index in [0.29, 0.717) is 23.1 Å². The summed E-state index contributed by atoms with van der Waals surface area (Å²) in [5, 5.41) is 0.655. The highest BCUT2D eigenvalue weighted by atomic mass is 35.5. The van der Waals surface area contributed by atoms with Gasteiger partial charge in [0.25, 0.3) is 0 Å². The van der Waals surface area contributed by atoms with E-state index in [1.807, 2.05) is 91.5 Å². The summed E-state index contributed by atoms with van der Waals surface area (Å²) in [5.74, 6) is 1.34. The van der Waals surface area contributed by atoms with E-state index >= 15 is 0 Å². The molecule has 0 fully saturated rings. The van der Waals surface area contributed by atoms with Crippen molar-refractivity contribution < 1.29 is 14.3 Å². The molecule has 0 bridgehead atoms. The summed E-state index contributed by atoms with van der Waals surface area (Å²) in [6.07, 6.45) is 0.289. The maximum absolute atomic E-state index is 13.5. The second-order valence-electron chi connectivity index (χ2n) is 7.94. The molecule has 166 valence electrons. The van der Waals surface area contributed by atoms with Crippen LogP contribution in [0.1, 0.15) is 29.7 Å². The molecule has 0 aliphatic carbocycles. The van der Waals surface area contributed by atoms with Crippen LogP contribution < -0.4 is 19.3 Å². The lowest BCUT2D eigenvalue weighted by Gasteiger charge is -2.38. The van der Waals surface area contributed by atoms with Gasteiger partial charge in [-0.15, -0.1) is 0 Å². The van der Waals surface area contributed by atoms with Crippen molar-refractivity contribution in [2.24, 2.45) is 0 Å². The van der Waals surface area contributed by atoms with Crippen LogP contribution in [0.25, 0.3) is 0 Å². The van der Waals surface area contributed by atoms with Gasteiger partial charge in [-0.25, -0.2) is 0 Å². The van der Waals surface area contributed by atoms with Gasteiger partial charge in [0.15, 0.2) is 11.5 Å². The van der Waals surface area contributed by atoms with Crippen molar-refractivity contribution in [2.45, 2.75) is 19.4 Å². The lowest BCUT2D eigenvalue weighted by Crippen LogP contribution is -2.41. The third-order valence-corrected chi connectivity index (χ3v) is 5.97. The number of halogens is 1. The second-order valence-corrected chi connectivity index (χ2v) is 8.38. The fourth-order valence-corrected chi connectivity index (χ4v) is 4.29. The zero-order valence-corrected chi connectivity index (χ0v) is 19.5. The van der Waals surface area contributed by atoms with E-state index in [1.165, 1.54) is 0 Å². The summed E-state index contributed by atoms with van der Waals surface area (Å²) in [6, 6.07) is 19.3. The molecule has 3 aromatic carbocycles. The van der Waals surface area contributed by atoms with Gasteiger partial charge in [0, 0.05) is 30.5 Å². The Labute approximate surface area is 194 Å². The van der Waals surface area contributed by atoms with Gasteiger partial charge in [-0.05, 0) is 72.1 Å². The highest BCUT2D eigenvalue weighted by molar-refractivity contribution is 6.30. The zero-order valence-electron chi connectivity index (χ0n) is 18.8. The number of hydrogen-bond donors (Lipinski definition) is 0. The van der Waals surface area contributed by atoms with E-state index in [0.717, 1.165) is 28.1 Å². The smallest absolute Gasteiger partial charge is 0.232 e. The number of nitrogens with zero attached hydrogens (tertiary/aromatic N) is 2. The Morgan fingerprint density at radius 2 is 1.72 bits per heavy atom. The number of carbonyl (C=O) groups is 1. The fraction of sp³-hybridized carbons (Fsp3) is 0.269. The van der Waals surface area contributed by atoms with E-state index in [4.69, 9.17) is 21.1 Å². The lowest BCUT2D eigenvalue weighted by atomic mass is 9.87. The molecule has 1 atom stereocenters. The molecule has 1 aliphatic rings. The molecule has 0 spiro atoms. The van der Waals surface area contributed by atoms with Crippen LogP contribution in [0.2, 0.25) is 5.02 Å². The third-order valence-electron chi connectivity index (χ3n) is 5.72. The molecule has 32 heavy (non-hydrogen) atoms. The fourth-order valence-electron chi connectivity index (χ4n) is 4.16. The number of benzene rings is 3. The number of methoxy groups -OCH3 is 1. The minimum absolute atomic E-state index is 0.0290. The Kier molecular flexibility index (Phi) is 6.28.